The molecule has 0 spiro atoms. The number of rotatable bonds is 5. The highest BCUT2D eigenvalue weighted by molar-refractivity contribution is 7.09. The summed E-state index contributed by atoms with van der Waals surface area (Å²) in [5.41, 5.74) is 0. The Labute approximate surface area is 119 Å². The van der Waals surface area contributed by atoms with Crippen LogP contribution in [0.5, 0.6) is 0 Å². The maximum Gasteiger partial charge on any atom is 0.236 e. The molecule has 0 saturated carbocycles. The van der Waals surface area contributed by atoms with Gasteiger partial charge in [0.05, 0.1) is 12.6 Å². The molecule has 1 aliphatic rings. The predicted octanol–water partition coefficient (Wildman–Crippen LogP) is 2.59. The van der Waals surface area contributed by atoms with E-state index in [1.165, 1.54) is 12.8 Å². The second-order valence-corrected chi connectivity index (χ2v) is 5.93. The molecule has 0 bridgehead atoms. The number of aromatic nitrogens is 1. The molecule has 1 aromatic rings. The zero-order valence-corrected chi connectivity index (χ0v) is 12.4. The van der Waals surface area contributed by atoms with Crippen molar-refractivity contribution < 1.29 is 4.79 Å². The molecule has 1 aliphatic heterocycles. The molecule has 1 N–H and O–H groups in total. The lowest BCUT2D eigenvalue weighted by molar-refractivity contribution is -0.130. The molecular weight excluding hydrogens is 258 g/mol. The SMILES string of the molecule is CCC(NCC(=O)N1CCCCCC1)c1nccs1. The van der Waals surface area contributed by atoms with Gasteiger partial charge in [-0.05, 0) is 19.3 Å². The lowest BCUT2D eigenvalue weighted by Gasteiger charge is -2.22. The van der Waals surface area contributed by atoms with Crippen LogP contribution in [0.15, 0.2) is 11.6 Å². The van der Waals surface area contributed by atoms with Crippen molar-refractivity contribution in [2.24, 2.45) is 0 Å². The highest BCUT2D eigenvalue weighted by Crippen LogP contribution is 2.18. The minimum atomic E-state index is 0.205. The van der Waals surface area contributed by atoms with Gasteiger partial charge < -0.3 is 4.90 Å². The standard InChI is InChI=1S/C14H23N3OS/c1-2-12(14-15-7-10-19-14)16-11-13(18)17-8-5-3-4-6-9-17/h7,10,12,16H,2-6,8-9,11H2,1H3. The minimum absolute atomic E-state index is 0.205. The first-order chi connectivity index (χ1) is 9.31. The van der Waals surface area contributed by atoms with E-state index in [0.29, 0.717) is 6.54 Å². The molecule has 2 heterocycles. The largest absolute Gasteiger partial charge is 0.342 e. The fourth-order valence-corrected chi connectivity index (χ4v) is 3.25. The summed E-state index contributed by atoms with van der Waals surface area (Å²) in [5.74, 6) is 0.233. The van der Waals surface area contributed by atoms with Crippen LogP contribution in [0.1, 0.15) is 50.1 Å². The van der Waals surface area contributed by atoms with Crippen molar-refractivity contribution in [2.75, 3.05) is 19.6 Å². The first-order valence-corrected chi connectivity index (χ1v) is 8.09. The number of amides is 1. The number of hydrogen-bond acceptors (Lipinski definition) is 4. The van der Waals surface area contributed by atoms with E-state index in [4.69, 9.17) is 0 Å². The molecular formula is C14H23N3OS. The summed E-state index contributed by atoms with van der Waals surface area (Å²) in [4.78, 5) is 18.5. The van der Waals surface area contributed by atoms with Crippen LogP contribution >= 0.6 is 11.3 Å². The van der Waals surface area contributed by atoms with Crippen molar-refractivity contribution in [3.8, 4) is 0 Å². The Hall–Kier alpha value is -0.940. The average Bonchev–Trinajstić information content (AvgIpc) is 2.81. The fraction of sp³-hybridized carbons (Fsp3) is 0.714. The van der Waals surface area contributed by atoms with Gasteiger partial charge in [-0.25, -0.2) is 4.98 Å². The summed E-state index contributed by atoms with van der Waals surface area (Å²) in [7, 11) is 0. The van der Waals surface area contributed by atoms with Crippen molar-refractivity contribution in [2.45, 2.75) is 45.1 Å². The fourth-order valence-electron chi connectivity index (χ4n) is 2.46. The number of carbonyl (C=O) groups is 1. The number of nitrogens with one attached hydrogen (secondary N) is 1. The first-order valence-electron chi connectivity index (χ1n) is 7.21. The lowest BCUT2D eigenvalue weighted by atomic mass is 10.2. The van der Waals surface area contributed by atoms with Crippen LogP contribution in [0.25, 0.3) is 0 Å². The van der Waals surface area contributed by atoms with Crippen LogP contribution in [0.2, 0.25) is 0 Å². The average molecular weight is 281 g/mol. The van der Waals surface area contributed by atoms with Gasteiger partial charge in [0.2, 0.25) is 5.91 Å². The maximum atomic E-state index is 12.2. The quantitative estimate of drug-likeness (QED) is 0.902. The molecule has 1 aromatic heterocycles. The molecule has 1 unspecified atom stereocenters. The highest BCUT2D eigenvalue weighted by atomic mass is 32.1. The smallest absolute Gasteiger partial charge is 0.236 e. The summed E-state index contributed by atoms with van der Waals surface area (Å²) in [5, 5.41) is 6.40. The third-order valence-electron chi connectivity index (χ3n) is 3.62. The van der Waals surface area contributed by atoms with Crippen LogP contribution in [0.3, 0.4) is 0 Å². The maximum absolute atomic E-state index is 12.2. The summed E-state index contributed by atoms with van der Waals surface area (Å²) in [6.07, 6.45) is 7.59. The Morgan fingerprint density at radius 1 is 1.42 bits per heavy atom. The van der Waals surface area contributed by atoms with Crippen molar-refractivity contribution >= 4 is 17.2 Å². The van der Waals surface area contributed by atoms with Crippen LogP contribution < -0.4 is 5.32 Å². The Morgan fingerprint density at radius 3 is 2.74 bits per heavy atom. The molecule has 0 radical (unpaired) electrons. The molecule has 1 fully saturated rings. The first kappa shape index (κ1) is 14.5. The molecule has 5 heteroatoms. The second-order valence-electron chi connectivity index (χ2n) is 5.01. The van der Waals surface area contributed by atoms with Gasteiger partial charge in [-0.3, -0.25) is 10.1 Å². The van der Waals surface area contributed by atoms with E-state index in [1.54, 1.807) is 11.3 Å². The number of likely N-dealkylation sites (tertiary alicyclic amines) is 1. The van der Waals surface area contributed by atoms with Crippen LogP contribution in [-0.4, -0.2) is 35.4 Å². The van der Waals surface area contributed by atoms with Crippen LogP contribution in [0.4, 0.5) is 0 Å². The van der Waals surface area contributed by atoms with E-state index in [9.17, 15) is 4.79 Å². The Bertz CT molecular complexity index is 372. The summed E-state index contributed by atoms with van der Waals surface area (Å²) in [6, 6.07) is 0.205. The van der Waals surface area contributed by atoms with E-state index in [-0.39, 0.29) is 11.9 Å². The summed E-state index contributed by atoms with van der Waals surface area (Å²) >= 11 is 1.65. The number of thiazole rings is 1. The number of carbonyl (C=O) groups excluding carboxylic acids is 1. The van der Waals surface area contributed by atoms with E-state index < -0.39 is 0 Å². The van der Waals surface area contributed by atoms with Crippen LogP contribution in [-0.2, 0) is 4.79 Å². The van der Waals surface area contributed by atoms with Crippen molar-refractivity contribution in [3.05, 3.63) is 16.6 Å². The Balaban J connectivity index is 1.81. The topological polar surface area (TPSA) is 45.2 Å². The number of nitrogens with zero attached hydrogens (tertiary/aromatic N) is 2. The third-order valence-corrected chi connectivity index (χ3v) is 4.51. The van der Waals surface area contributed by atoms with E-state index in [2.05, 4.69) is 17.2 Å². The van der Waals surface area contributed by atoms with Gasteiger partial charge in [0, 0.05) is 24.7 Å². The molecule has 4 nitrogen and oxygen atoms in total. The molecule has 106 valence electrons. The van der Waals surface area contributed by atoms with E-state index >= 15 is 0 Å². The zero-order valence-electron chi connectivity index (χ0n) is 11.6. The molecule has 1 amide bonds. The predicted molar refractivity (Wildman–Crippen MR) is 78.2 cm³/mol. The lowest BCUT2D eigenvalue weighted by Crippen LogP contribution is -2.39. The molecule has 0 aliphatic carbocycles. The molecule has 1 saturated heterocycles. The number of hydrogen-bond donors (Lipinski definition) is 1. The molecule has 19 heavy (non-hydrogen) atoms. The summed E-state index contributed by atoms with van der Waals surface area (Å²) < 4.78 is 0. The normalized spacial score (nSPS) is 18.1. The monoisotopic (exact) mass is 281 g/mol. The van der Waals surface area contributed by atoms with Crippen molar-refractivity contribution in [1.82, 2.24) is 15.2 Å². The Kier molecular flexibility index (Phi) is 5.79. The van der Waals surface area contributed by atoms with Crippen molar-refractivity contribution in [3.63, 3.8) is 0 Å². The molecule has 0 aromatic carbocycles. The van der Waals surface area contributed by atoms with E-state index in [0.717, 1.165) is 37.4 Å². The van der Waals surface area contributed by atoms with Gasteiger partial charge in [0.1, 0.15) is 5.01 Å². The highest BCUT2D eigenvalue weighted by Gasteiger charge is 2.18. The third kappa shape index (κ3) is 4.28. The molecule has 2 rings (SSSR count). The molecule has 1 atom stereocenters. The van der Waals surface area contributed by atoms with Crippen LogP contribution in [0, 0.1) is 0 Å². The Morgan fingerprint density at radius 2 is 2.16 bits per heavy atom. The van der Waals surface area contributed by atoms with Gasteiger partial charge in [-0.2, -0.15) is 0 Å². The van der Waals surface area contributed by atoms with Gasteiger partial charge in [0.15, 0.2) is 0 Å². The van der Waals surface area contributed by atoms with Gasteiger partial charge in [-0.15, -0.1) is 11.3 Å². The minimum Gasteiger partial charge on any atom is -0.342 e. The second kappa shape index (κ2) is 7.60. The van der Waals surface area contributed by atoms with Gasteiger partial charge in [-0.1, -0.05) is 19.8 Å². The van der Waals surface area contributed by atoms with E-state index in [1.807, 2.05) is 16.5 Å². The summed E-state index contributed by atoms with van der Waals surface area (Å²) in [6.45, 7) is 4.40. The van der Waals surface area contributed by atoms with Gasteiger partial charge in [0.25, 0.3) is 0 Å². The zero-order chi connectivity index (χ0) is 13.5. The van der Waals surface area contributed by atoms with Gasteiger partial charge >= 0.3 is 0 Å². The van der Waals surface area contributed by atoms with Crippen molar-refractivity contribution in [1.29, 1.82) is 0 Å².